The number of amides is 1. The highest BCUT2D eigenvalue weighted by Gasteiger charge is 2.19. The number of rotatable bonds is 2. The third kappa shape index (κ3) is 4.71. The maximum Gasteiger partial charge on any atom is 0.226 e. The first-order chi connectivity index (χ1) is 5.78. The highest BCUT2D eigenvalue weighted by atomic mass is 16.2. The SMILES string of the molecule is CC=C(C)N(C)C(=O)CC(C)(C)C. The van der Waals surface area contributed by atoms with E-state index in [1.165, 1.54) is 0 Å². The summed E-state index contributed by atoms with van der Waals surface area (Å²) in [6, 6.07) is 0. The first-order valence-corrected chi connectivity index (χ1v) is 4.67. The maximum absolute atomic E-state index is 11.6. The minimum Gasteiger partial charge on any atom is -0.320 e. The van der Waals surface area contributed by atoms with Gasteiger partial charge >= 0.3 is 0 Å². The maximum atomic E-state index is 11.6. The molecule has 0 heterocycles. The molecule has 0 aromatic rings. The van der Waals surface area contributed by atoms with Crippen LogP contribution < -0.4 is 0 Å². The fraction of sp³-hybridized carbons (Fsp3) is 0.727. The molecule has 0 bridgehead atoms. The number of carbonyl (C=O) groups excluding carboxylic acids is 1. The fourth-order valence-corrected chi connectivity index (χ4v) is 0.963. The molecule has 0 rings (SSSR count). The standard InChI is InChI=1S/C11H21NO/c1-7-9(2)12(6)10(13)8-11(3,4)5/h7H,8H2,1-6H3. The molecule has 0 aromatic carbocycles. The molecule has 2 nitrogen and oxygen atoms in total. The summed E-state index contributed by atoms with van der Waals surface area (Å²) >= 11 is 0. The zero-order valence-corrected chi connectivity index (χ0v) is 9.64. The average molecular weight is 183 g/mol. The number of hydrogen-bond donors (Lipinski definition) is 0. The van der Waals surface area contributed by atoms with Gasteiger partial charge in [0.05, 0.1) is 0 Å². The van der Waals surface area contributed by atoms with Crippen LogP contribution in [0, 0.1) is 5.41 Å². The Morgan fingerprint density at radius 1 is 1.38 bits per heavy atom. The van der Waals surface area contributed by atoms with Crippen molar-refractivity contribution in [2.75, 3.05) is 7.05 Å². The lowest BCUT2D eigenvalue weighted by Gasteiger charge is -2.23. The zero-order valence-electron chi connectivity index (χ0n) is 9.64. The van der Waals surface area contributed by atoms with Crippen LogP contribution in [0.3, 0.4) is 0 Å². The van der Waals surface area contributed by atoms with Crippen LogP contribution >= 0.6 is 0 Å². The van der Waals surface area contributed by atoms with Gasteiger partial charge in [0.1, 0.15) is 0 Å². The highest BCUT2D eigenvalue weighted by molar-refractivity contribution is 5.78. The van der Waals surface area contributed by atoms with Gasteiger partial charge in [-0.1, -0.05) is 26.8 Å². The molecular formula is C11H21NO. The molecule has 0 spiro atoms. The van der Waals surface area contributed by atoms with Crippen LogP contribution in [0.25, 0.3) is 0 Å². The molecular weight excluding hydrogens is 162 g/mol. The smallest absolute Gasteiger partial charge is 0.226 e. The van der Waals surface area contributed by atoms with Crippen molar-refractivity contribution >= 4 is 5.91 Å². The molecule has 0 atom stereocenters. The van der Waals surface area contributed by atoms with E-state index in [4.69, 9.17) is 0 Å². The van der Waals surface area contributed by atoms with Crippen molar-refractivity contribution in [2.45, 2.75) is 41.0 Å². The van der Waals surface area contributed by atoms with E-state index in [-0.39, 0.29) is 11.3 Å². The third-order valence-corrected chi connectivity index (χ3v) is 2.00. The molecule has 0 aliphatic rings. The molecule has 0 saturated heterocycles. The summed E-state index contributed by atoms with van der Waals surface area (Å²) in [6.45, 7) is 10.1. The summed E-state index contributed by atoms with van der Waals surface area (Å²) in [5.74, 6) is 0.183. The molecule has 0 unspecified atom stereocenters. The van der Waals surface area contributed by atoms with Crippen LogP contribution in [-0.2, 0) is 4.79 Å². The van der Waals surface area contributed by atoms with Gasteiger partial charge in [0.2, 0.25) is 5.91 Å². The van der Waals surface area contributed by atoms with E-state index in [0.717, 1.165) is 5.70 Å². The molecule has 1 amide bonds. The van der Waals surface area contributed by atoms with Crippen LogP contribution in [-0.4, -0.2) is 17.9 Å². The predicted octanol–water partition coefficient (Wildman–Crippen LogP) is 2.80. The van der Waals surface area contributed by atoms with E-state index < -0.39 is 0 Å². The van der Waals surface area contributed by atoms with Gasteiger partial charge in [-0.2, -0.15) is 0 Å². The Bertz CT molecular complexity index is 211. The minimum absolute atomic E-state index is 0.0688. The Morgan fingerprint density at radius 2 is 1.85 bits per heavy atom. The van der Waals surface area contributed by atoms with Crippen molar-refractivity contribution < 1.29 is 4.79 Å². The van der Waals surface area contributed by atoms with Crippen molar-refractivity contribution in [1.82, 2.24) is 4.90 Å². The summed E-state index contributed by atoms with van der Waals surface area (Å²) in [6.07, 6.45) is 2.54. The van der Waals surface area contributed by atoms with Crippen LogP contribution in [0.4, 0.5) is 0 Å². The average Bonchev–Trinajstić information content (AvgIpc) is 1.98. The molecule has 13 heavy (non-hydrogen) atoms. The first kappa shape index (κ1) is 12.2. The van der Waals surface area contributed by atoms with Gasteiger partial charge in [-0.3, -0.25) is 4.79 Å². The summed E-state index contributed by atoms with van der Waals surface area (Å²) < 4.78 is 0. The summed E-state index contributed by atoms with van der Waals surface area (Å²) in [5, 5.41) is 0. The Morgan fingerprint density at radius 3 is 2.15 bits per heavy atom. The normalized spacial score (nSPS) is 12.9. The third-order valence-electron chi connectivity index (χ3n) is 2.00. The second kappa shape index (κ2) is 4.45. The van der Waals surface area contributed by atoms with E-state index in [1.54, 1.807) is 4.90 Å². The van der Waals surface area contributed by atoms with Crippen LogP contribution in [0.2, 0.25) is 0 Å². The molecule has 0 radical (unpaired) electrons. The quantitative estimate of drug-likeness (QED) is 0.644. The Labute approximate surface area is 81.6 Å². The van der Waals surface area contributed by atoms with E-state index in [9.17, 15) is 4.79 Å². The second-order valence-corrected chi connectivity index (χ2v) is 4.62. The molecule has 0 aliphatic carbocycles. The fourth-order valence-electron chi connectivity index (χ4n) is 0.963. The lowest BCUT2D eigenvalue weighted by Crippen LogP contribution is -2.28. The molecule has 0 aliphatic heterocycles. The van der Waals surface area contributed by atoms with Crippen molar-refractivity contribution in [2.24, 2.45) is 5.41 Å². The second-order valence-electron chi connectivity index (χ2n) is 4.62. The number of hydrogen-bond acceptors (Lipinski definition) is 1. The zero-order chi connectivity index (χ0) is 10.6. The highest BCUT2D eigenvalue weighted by Crippen LogP contribution is 2.20. The molecule has 2 heteroatoms. The monoisotopic (exact) mass is 183 g/mol. The topological polar surface area (TPSA) is 20.3 Å². The Balaban J connectivity index is 4.29. The molecule has 76 valence electrons. The lowest BCUT2D eigenvalue weighted by atomic mass is 9.91. The van der Waals surface area contributed by atoms with Crippen molar-refractivity contribution in [3.8, 4) is 0 Å². The Kier molecular flexibility index (Phi) is 4.18. The van der Waals surface area contributed by atoms with E-state index in [2.05, 4.69) is 20.8 Å². The minimum atomic E-state index is 0.0688. The number of nitrogens with zero attached hydrogens (tertiary/aromatic N) is 1. The first-order valence-electron chi connectivity index (χ1n) is 4.67. The van der Waals surface area contributed by atoms with Gasteiger partial charge in [-0.05, 0) is 19.3 Å². The molecule has 0 saturated carbocycles. The van der Waals surface area contributed by atoms with Crippen LogP contribution in [0.1, 0.15) is 41.0 Å². The largest absolute Gasteiger partial charge is 0.320 e. The van der Waals surface area contributed by atoms with E-state index in [0.29, 0.717) is 6.42 Å². The van der Waals surface area contributed by atoms with Gasteiger partial charge in [0.25, 0.3) is 0 Å². The van der Waals surface area contributed by atoms with Crippen LogP contribution in [0.5, 0.6) is 0 Å². The Hall–Kier alpha value is -0.790. The number of carbonyl (C=O) groups is 1. The van der Waals surface area contributed by atoms with Crippen molar-refractivity contribution in [1.29, 1.82) is 0 Å². The number of allylic oxidation sites excluding steroid dienone is 2. The predicted molar refractivity (Wildman–Crippen MR) is 56.3 cm³/mol. The van der Waals surface area contributed by atoms with Gasteiger partial charge in [-0.15, -0.1) is 0 Å². The molecule has 0 aromatic heterocycles. The van der Waals surface area contributed by atoms with Gasteiger partial charge in [-0.25, -0.2) is 0 Å². The molecule has 0 fully saturated rings. The van der Waals surface area contributed by atoms with Gasteiger partial charge < -0.3 is 4.90 Å². The van der Waals surface area contributed by atoms with Crippen molar-refractivity contribution in [3.63, 3.8) is 0 Å². The van der Waals surface area contributed by atoms with Crippen LogP contribution in [0.15, 0.2) is 11.8 Å². The lowest BCUT2D eigenvalue weighted by molar-refractivity contribution is -0.129. The molecule has 0 N–H and O–H groups in total. The van der Waals surface area contributed by atoms with E-state index in [1.807, 2.05) is 27.0 Å². The summed E-state index contributed by atoms with van der Waals surface area (Å²) in [5.41, 5.74) is 1.08. The summed E-state index contributed by atoms with van der Waals surface area (Å²) in [7, 11) is 1.82. The van der Waals surface area contributed by atoms with Gasteiger partial charge in [0, 0.05) is 19.2 Å². The summed E-state index contributed by atoms with van der Waals surface area (Å²) in [4.78, 5) is 13.4. The van der Waals surface area contributed by atoms with Crippen molar-refractivity contribution in [3.05, 3.63) is 11.8 Å². The van der Waals surface area contributed by atoms with E-state index >= 15 is 0 Å². The van der Waals surface area contributed by atoms with Gasteiger partial charge in [0.15, 0.2) is 0 Å².